The minimum atomic E-state index is 0.316. The summed E-state index contributed by atoms with van der Waals surface area (Å²) in [5.41, 5.74) is 6.51. The predicted molar refractivity (Wildman–Crippen MR) is 138 cm³/mol. The van der Waals surface area contributed by atoms with Crippen molar-refractivity contribution >= 4 is 32.6 Å². The molecule has 3 heterocycles. The molecule has 6 rings (SSSR count). The first-order chi connectivity index (χ1) is 16.5. The molecule has 6 nitrogen and oxygen atoms in total. The van der Waals surface area contributed by atoms with Crippen LogP contribution in [-0.2, 0) is 0 Å². The third-order valence-corrected chi connectivity index (χ3v) is 6.51. The number of H-pyrrole nitrogens is 2. The van der Waals surface area contributed by atoms with E-state index in [1.807, 2.05) is 18.6 Å². The van der Waals surface area contributed by atoms with E-state index in [2.05, 4.69) is 95.3 Å². The average molecular weight is 447 g/mol. The summed E-state index contributed by atoms with van der Waals surface area (Å²) in [5.74, 6) is 2.69. The van der Waals surface area contributed by atoms with Crippen LogP contribution in [0.25, 0.3) is 55.0 Å². The lowest BCUT2D eigenvalue weighted by Crippen LogP contribution is -1.89. The molecule has 3 aromatic heterocycles. The van der Waals surface area contributed by atoms with Gasteiger partial charge in [-0.2, -0.15) is 10.2 Å². The molecule has 0 fully saturated rings. The summed E-state index contributed by atoms with van der Waals surface area (Å²) in [4.78, 5) is 16.4. The molecule has 0 saturated heterocycles. The summed E-state index contributed by atoms with van der Waals surface area (Å²) in [6.07, 6.45) is 5.58. The number of hydrogen-bond acceptors (Lipinski definition) is 4. The highest BCUT2D eigenvalue weighted by molar-refractivity contribution is 6.23. The Hall–Kier alpha value is -4.06. The second kappa shape index (κ2) is 7.76. The van der Waals surface area contributed by atoms with E-state index in [0.717, 1.165) is 66.6 Å². The van der Waals surface area contributed by atoms with Gasteiger partial charge < -0.3 is 9.97 Å². The molecule has 0 spiro atoms. The molecular formula is C28H26N6. The number of fused-ring (bicyclic) bond motifs is 6. The second-order valence-electron chi connectivity index (χ2n) is 9.49. The van der Waals surface area contributed by atoms with Crippen LogP contribution >= 0.6 is 0 Å². The molecular weight excluding hydrogens is 420 g/mol. The Kier molecular flexibility index (Phi) is 4.69. The van der Waals surface area contributed by atoms with Crippen molar-refractivity contribution in [1.29, 1.82) is 0 Å². The van der Waals surface area contributed by atoms with Crippen LogP contribution in [0.1, 0.15) is 51.2 Å². The summed E-state index contributed by atoms with van der Waals surface area (Å²) in [5, 5.41) is 12.7. The van der Waals surface area contributed by atoms with Crippen LogP contribution in [0.15, 0.2) is 61.1 Å². The van der Waals surface area contributed by atoms with E-state index in [9.17, 15) is 0 Å². The summed E-state index contributed by atoms with van der Waals surface area (Å²) in [6.45, 7) is 8.58. The van der Waals surface area contributed by atoms with Crippen molar-refractivity contribution in [3.05, 3.63) is 72.7 Å². The zero-order chi connectivity index (χ0) is 23.4. The third kappa shape index (κ3) is 3.25. The maximum absolute atomic E-state index is 4.89. The van der Waals surface area contributed by atoms with E-state index >= 15 is 0 Å². The van der Waals surface area contributed by atoms with E-state index in [4.69, 9.17) is 4.98 Å². The van der Waals surface area contributed by atoms with Gasteiger partial charge in [-0.1, -0.05) is 64.1 Å². The molecule has 6 heteroatoms. The van der Waals surface area contributed by atoms with Gasteiger partial charge in [0.05, 0.1) is 35.3 Å². The number of benzene rings is 3. The molecule has 2 N–H and O–H groups in total. The Morgan fingerprint density at radius 2 is 1.29 bits per heavy atom. The Morgan fingerprint density at radius 3 is 2.00 bits per heavy atom. The molecule has 168 valence electrons. The van der Waals surface area contributed by atoms with E-state index in [0.29, 0.717) is 11.8 Å². The summed E-state index contributed by atoms with van der Waals surface area (Å²) in [6, 6.07) is 15.2. The van der Waals surface area contributed by atoms with E-state index in [1.165, 1.54) is 0 Å². The van der Waals surface area contributed by atoms with Gasteiger partial charge in [-0.25, -0.2) is 9.97 Å². The van der Waals surface area contributed by atoms with Gasteiger partial charge in [-0.15, -0.1) is 0 Å². The summed E-state index contributed by atoms with van der Waals surface area (Å²) >= 11 is 0. The lowest BCUT2D eigenvalue weighted by atomic mass is 9.96. The fraction of sp³-hybridized carbons (Fsp3) is 0.214. The molecule has 3 aromatic carbocycles. The predicted octanol–water partition coefficient (Wildman–Crippen LogP) is 6.96. The smallest absolute Gasteiger partial charge is 0.109 e. The van der Waals surface area contributed by atoms with Gasteiger partial charge >= 0.3 is 0 Å². The largest absolute Gasteiger partial charge is 0.342 e. The lowest BCUT2D eigenvalue weighted by Gasteiger charge is -2.09. The molecule has 0 amide bonds. The average Bonchev–Trinajstić information content (AvgIpc) is 3.53. The first-order valence-corrected chi connectivity index (χ1v) is 11.7. The number of rotatable bonds is 4. The molecule has 0 aliphatic rings. The van der Waals surface area contributed by atoms with Gasteiger partial charge in [-0.3, -0.25) is 0 Å². The van der Waals surface area contributed by atoms with Gasteiger partial charge in [0.2, 0.25) is 0 Å². The Labute approximate surface area is 197 Å². The molecule has 0 aliphatic heterocycles. The van der Waals surface area contributed by atoms with Crippen molar-refractivity contribution in [3.63, 3.8) is 0 Å². The number of aromatic nitrogens is 6. The van der Waals surface area contributed by atoms with Gasteiger partial charge in [0.25, 0.3) is 0 Å². The summed E-state index contributed by atoms with van der Waals surface area (Å²) < 4.78 is 0. The minimum absolute atomic E-state index is 0.316. The van der Waals surface area contributed by atoms with E-state index in [1.54, 1.807) is 0 Å². The maximum Gasteiger partial charge on any atom is 0.109 e. The van der Waals surface area contributed by atoms with Crippen molar-refractivity contribution in [2.45, 2.75) is 39.5 Å². The number of nitrogens with zero attached hydrogens (tertiary/aromatic N) is 4. The van der Waals surface area contributed by atoms with Crippen LogP contribution in [0.4, 0.5) is 0 Å². The first kappa shape index (κ1) is 20.5. The quantitative estimate of drug-likeness (QED) is 0.287. The third-order valence-electron chi connectivity index (χ3n) is 6.51. The standard InChI is InChI=1S/C28H26N6/c1-15(2)27-29-14-24(32-27)18-7-5-17(6-8-18)19-9-10-20-21(11-19)22-12-30-31-13-23(22)26-25(20)33-28(34-26)16(3)4/h5-16H,1-4H3,(H,29,32)(H,33,34). The zero-order valence-electron chi connectivity index (χ0n) is 19.7. The number of aromatic amines is 2. The van der Waals surface area contributed by atoms with Gasteiger partial charge in [0.1, 0.15) is 11.6 Å². The van der Waals surface area contributed by atoms with Crippen LogP contribution in [-0.4, -0.2) is 30.1 Å². The van der Waals surface area contributed by atoms with Crippen LogP contribution in [0.2, 0.25) is 0 Å². The fourth-order valence-electron chi connectivity index (χ4n) is 4.56. The van der Waals surface area contributed by atoms with E-state index < -0.39 is 0 Å². The molecule has 0 radical (unpaired) electrons. The van der Waals surface area contributed by atoms with Crippen molar-refractivity contribution in [2.75, 3.05) is 0 Å². The summed E-state index contributed by atoms with van der Waals surface area (Å²) in [7, 11) is 0. The van der Waals surface area contributed by atoms with Gasteiger partial charge in [0, 0.05) is 28.0 Å². The maximum atomic E-state index is 4.89. The second-order valence-corrected chi connectivity index (χ2v) is 9.49. The minimum Gasteiger partial charge on any atom is -0.342 e. The van der Waals surface area contributed by atoms with Crippen molar-refractivity contribution in [1.82, 2.24) is 30.1 Å². The van der Waals surface area contributed by atoms with Gasteiger partial charge in [0.15, 0.2) is 0 Å². The fourth-order valence-corrected chi connectivity index (χ4v) is 4.56. The van der Waals surface area contributed by atoms with Crippen LogP contribution < -0.4 is 0 Å². The Morgan fingerprint density at radius 1 is 0.618 bits per heavy atom. The number of imidazole rings is 2. The Balaban J connectivity index is 1.48. The van der Waals surface area contributed by atoms with E-state index in [-0.39, 0.29) is 0 Å². The zero-order valence-corrected chi connectivity index (χ0v) is 19.7. The van der Waals surface area contributed by atoms with Crippen molar-refractivity contribution in [3.8, 4) is 22.4 Å². The molecule has 34 heavy (non-hydrogen) atoms. The van der Waals surface area contributed by atoms with Crippen LogP contribution in [0.3, 0.4) is 0 Å². The number of hydrogen-bond donors (Lipinski definition) is 2. The highest BCUT2D eigenvalue weighted by Crippen LogP contribution is 2.36. The highest BCUT2D eigenvalue weighted by Gasteiger charge is 2.16. The number of nitrogens with one attached hydrogen (secondary N) is 2. The highest BCUT2D eigenvalue weighted by atomic mass is 15.1. The lowest BCUT2D eigenvalue weighted by molar-refractivity contribution is 0.795. The van der Waals surface area contributed by atoms with Crippen LogP contribution in [0, 0.1) is 0 Å². The molecule has 0 atom stereocenters. The first-order valence-electron chi connectivity index (χ1n) is 11.7. The molecule has 0 unspecified atom stereocenters. The molecule has 0 bridgehead atoms. The molecule has 6 aromatic rings. The molecule has 0 aliphatic carbocycles. The molecule has 0 saturated carbocycles. The van der Waals surface area contributed by atoms with Gasteiger partial charge in [-0.05, 0) is 28.1 Å². The van der Waals surface area contributed by atoms with Crippen molar-refractivity contribution in [2.24, 2.45) is 0 Å². The Bertz CT molecular complexity index is 1650. The monoisotopic (exact) mass is 446 g/mol. The van der Waals surface area contributed by atoms with Crippen molar-refractivity contribution < 1.29 is 0 Å². The normalized spacial score (nSPS) is 12.1. The van der Waals surface area contributed by atoms with Crippen LogP contribution in [0.5, 0.6) is 0 Å². The topological polar surface area (TPSA) is 83.1 Å². The SMILES string of the molecule is CC(C)c1ncc(-c2ccc(-c3ccc4c(c3)c3cnncc3c3nc(C(C)C)[nH]c43)cc2)[nH]1.